The highest BCUT2D eigenvalue weighted by Gasteiger charge is 2.43. The van der Waals surface area contributed by atoms with Gasteiger partial charge in [-0.2, -0.15) is 0 Å². The summed E-state index contributed by atoms with van der Waals surface area (Å²) < 4.78 is 9.68. The number of fused-ring (bicyclic) bond motifs is 12. The van der Waals surface area contributed by atoms with Gasteiger partial charge >= 0.3 is 0 Å². The number of nitrogens with zero attached hydrogens (tertiary/aromatic N) is 1. The lowest BCUT2D eigenvalue weighted by Gasteiger charge is -2.31. The molecule has 0 amide bonds. The number of rotatable bonds is 4. The predicted molar refractivity (Wildman–Crippen MR) is 236 cm³/mol. The molecule has 3 heteroatoms. The fourth-order valence-corrected chi connectivity index (χ4v) is 11.4. The standard InChI is InChI=1S/C53H37NOS/c1-52(2)41-19-9-4-14-34(41)37-26-24-32(30-45(37)52)54(33-25-27-39-38-17-8-13-23-48(38)56-49(39)31-33)46-29-28-44(50-40-18-7-12-22-47(40)55-51(46)50)53(3)42-20-10-5-15-35(42)36-16-6-11-21-43(36)53/h4-31H,1-3H3. The molecule has 0 atom stereocenters. The first-order valence-corrected chi connectivity index (χ1v) is 20.3. The van der Waals surface area contributed by atoms with Crippen LogP contribution in [0.5, 0.6) is 0 Å². The fraction of sp³-hybridized carbons (Fsp3) is 0.0943. The van der Waals surface area contributed by atoms with Crippen molar-refractivity contribution in [1.82, 2.24) is 0 Å². The Balaban J connectivity index is 1.15. The zero-order valence-corrected chi connectivity index (χ0v) is 32.2. The third-order valence-electron chi connectivity index (χ3n) is 13.0. The largest absolute Gasteiger partial charge is 0.454 e. The van der Waals surface area contributed by atoms with E-state index in [1.165, 1.54) is 70.2 Å². The van der Waals surface area contributed by atoms with Crippen LogP contribution in [0.25, 0.3) is 64.4 Å². The number of benzene rings is 8. The molecule has 12 rings (SSSR count). The Bertz CT molecular complexity index is 3220. The van der Waals surface area contributed by atoms with E-state index in [0.717, 1.165) is 39.0 Å². The summed E-state index contributed by atoms with van der Waals surface area (Å²) in [5.41, 5.74) is 16.4. The van der Waals surface area contributed by atoms with Gasteiger partial charge in [0.15, 0.2) is 5.58 Å². The molecule has 2 nitrogen and oxygen atoms in total. The third kappa shape index (κ3) is 4.16. The van der Waals surface area contributed by atoms with Crippen LogP contribution in [0.1, 0.15) is 48.6 Å². The summed E-state index contributed by atoms with van der Waals surface area (Å²) in [4.78, 5) is 2.44. The second kappa shape index (κ2) is 11.3. The quantitative estimate of drug-likeness (QED) is 0.179. The molecule has 0 fully saturated rings. The summed E-state index contributed by atoms with van der Waals surface area (Å²) in [6, 6.07) is 62.8. The van der Waals surface area contributed by atoms with Crippen LogP contribution in [-0.2, 0) is 10.8 Å². The van der Waals surface area contributed by atoms with Crippen molar-refractivity contribution >= 4 is 70.5 Å². The second-order valence-electron chi connectivity index (χ2n) is 16.2. The summed E-state index contributed by atoms with van der Waals surface area (Å²) in [6.07, 6.45) is 0. The van der Waals surface area contributed by atoms with Gasteiger partial charge in [-0.3, -0.25) is 0 Å². The van der Waals surface area contributed by atoms with E-state index in [9.17, 15) is 0 Å². The first-order valence-electron chi connectivity index (χ1n) is 19.5. The Labute approximate surface area is 329 Å². The number of hydrogen-bond acceptors (Lipinski definition) is 3. The van der Waals surface area contributed by atoms with Gasteiger partial charge in [-0.1, -0.05) is 141 Å². The molecule has 2 aliphatic carbocycles. The molecule has 0 unspecified atom stereocenters. The summed E-state index contributed by atoms with van der Waals surface area (Å²) in [5, 5.41) is 4.88. The van der Waals surface area contributed by atoms with Crippen LogP contribution in [0.3, 0.4) is 0 Å². The highest BCUT2D eigenvalue weighted by molar-refractivity contribution is 7.25. The zero-order chi connectivity index (χ0) is 37.3. The third-order valence-corrected chi connectivity index (χ3v) is 14.1. The Morgan fingerprint density at radius 1 is 0.446 bits per heavy atom. The van der Waals surface area contributed by atoms with Crippen molar-refractivity contribution in [2.75, 3.05) is 4.90 Å². The monoisotopic (exact) mass is 735 g/mol. The van der Waals surface area contributed by atoms with E-state index in [4.69, 9.17) is 4.42 Å². The minimum absolute atomic E-state index is 0.139. The molecule has 2 heterocycles. The Hall–Kier alpha value is -6.42. The van der Waals surface area contributed by atoms with E-state index < -0.39 is 0 Å². The highest BCUT2D eigenvalue weighted by atomic mass is 32.1. The number of thiophene rings is 1. The van der Waals surface area contributed by atoms with Crippen molar-refractivity contribution in [3.8, 4) is 22.3 Å². The first kappa shape index (κ1) is 31.9. The van der Waals surface area contributed by atoms with E-state index in [1.807, 2.05) is 11.3 Å². The molecular weight excluding hydrogens is 699 g/mol. The molecular formula is C53H37NOS. The predicted octanol–water partition coefficient (Wildman–Crippen LogP) is 15.1. The molecule has 0 saturated carbocycles. The number of furan rings is 1. The maximum Gasteiger partial charge on any atom is 0.159 e. The summed E-state index contributed by atoms with van der Waals surface area (Å²) in [7, 11) is 0. The molecule has 8 aromatic carbocycles. The molecule has 0 radical (unpaired) electrons. The summed E-state index contributed by atoms with van der Waals surface area (Å²) >= 11 is 1.86. The van der Waals surface area contributed by atoms with Crippen LogP contribution in [0.15, 0.2) is 174 Å². The molecule has 266 valence electrons. The van der Waals surface area contributed by atoms with E-state index in [0.29, 0.717) is 0 Å². The highest BCUT2D eigenvalue weighted by Crippen LogP contribution is 2.57. The molecule has 0 saturated heterocycles. The minimum Gasteiger partial charge on any atom is -0.454 e. The van der Waals surface area contributed by atoms with E-state index in [-0.39, 0.29) is 10.8 Å². The van der Waals surface area contributed by atoms with Crippen molar-refractivity contribution < 1.29 is 4.42 Å². The van der Waals surface area contributed by atoms with Gasteiger partial charge in [0, 0.05) is 53.1 Å². The molecule has 0 N–H and O–H groups in total. The molecule has 0 bridgehead atoms. The van der Waals surface area contributed by atoms with Gasteiger partial charge in [0.05, 0.1) is 5.69 Å². The van der Waals surface area contributed by atoms with Gasteiger partial charge < -0.3 is 9.32 Å². The van der Waals surface area contributed by atoms with Crippen LogP contribution in [0, 0.1) is 0 Å². The molecule has 0 aliphatic heterocycles. The van der Waals surface area contributed by atoms with Crippen molar-refractivity contribution in [3.63, 3.8) is 0 Å². The zero-order valence-electron chi connectivity index (χ0n) is 31.4. The number of hydrogen-bond donors (Lipinski definition) is 0. The average Bonchev–Trinajstić information content (AvgIpc) is 3.95. The minimum atomic E-state index is -0.388. The molecule has 2 aliphatic rings. The number of anilines is 3. The van der Waals surface area contributed by atoms with Crippen LogP contribution >= 0.6 is 11.3 Å². The first-order chi connectivity index (χ1) is 27.4. The number of para-hydroxylation sites is 1. The van der Waals surface area contributed by atoms with E-state index in [2.05, 4.69) is 196 Å². The maximum atomic E-state index is 7.11. The topological polar surface area (TPSA) is 16.4 Å². The summed E-state index contributed by atoms with van der Waals surface area (Å²) in [5.74, 6) is 0. The Morgan fingerprint density at radius 3 is 1.79 bits per heavy atom. The lowest BCUT2D eigenvalue weighted by molar-refractivity contribution is 0.660. The normalized spacial score (nSPS) is 14.6. The Kier molecular flexibility index (Phi) is 6.44. The Morgan fingerprint density at radius 2 is 1.02 bits per heavy atom. The van der Waals surface area contributed by atoms with E-state index in [1.54, 1.807) is 0 Å². The van der Waals surface area contributed by atoms with E-state index >= 15 is 0 Å². The van der Waals surface area contributed by atoms with Gasteiger partial charge in [-0.25, -0.2) is 0 Å². The fourth-order valence-electron chi connectivity index (χ4n) is 10.3. The second-order valence-corrected chi connectivity index (χ2v) is 17.2. The lowest BCUT2D eigenvalue weighted by Crippen LogP contribution is -2.23. The summed E-state index contributed by atoms with van der Waals surface area (Å²) in [6.45, 7) is 7.12. The van der Waals surface area contributed by atoms with Crippen molar-refractivity contribution in [2.45, 2.75) is 31.6 Å². The molecule has 56 heavy (non-hydrogen) atoms. The molecule has 2 aromatic heterocycles. The lowest BCUT2D eigenvalue weighted by atomic mass is 9.72. The SMILES string of the molecule is CC1(C)c2ccccc2-c2ccc(N(c3ccc4c(c3)sc3ccccc34)c3ccc(C4(C)c5ccccc5-c5ccccc54)c4c3oc3ccccc34)cc21. The average molecular weight is 736 g/mol. The van der Waals surface area contributed by atoms with Crippen LogP contribution in [0.4, 0.5) is 17.1 Å². The maximum absolute atomic E-state index is 7.11. The van der Waals surface area contributed by atoms with Crippen molar-refractivity contribution in [3.05, 3.63) is 198 Å². The van der Waals surface area contributed by atoms with Gasteiger partial charge in [-0.15, -0.1) is 11.3 Å². The van der Waals surface area contributed by atoms with Crippen molar-refractivity contribution in [2.24, 2.45) is 0 Å². The van der Waals surface area contributed by atoms with Crippen LogP contribution in [-0.4, -0.2) is 0 Å². The molecule has 0 spiro atoms. The van der Waals surface area contributed by atoms with Gasteiger partial charge in [-0.05, 0) is 99.5 Å². The van der Waals surface area contributed by atoms with Crippen LogP contribution in [0.2, 0.25) is 0 Å². The van der Waals surface area contributed by atoms with Gasteiger partial charge in [0.25, 0.3) is 0 Å². The van der Waals surface area contributed by atoms with Crippen LogP contribution < -0.4 is 4.90 Å². The van der Waals surface area contributed by atoms with Gasteiger partial charge in [0.2, 0.25) is 0 Å². The van der Waals surface area contributed by atoms with Crippen molar-refractivity contribution in [1.29, 1.82) is 0 Å². The smallest absolute Gasteiger partial charge is 0.159 e. The molecule has 10 aromatic rings. The van der Waals surface area contributed by atoms with Gasteiger partial charge in [0.1, 0.15) is 5.58 Å².